The molecule has 4 atom stereocenters. The fraction of sp³-hybridized carbons (Fsp3) is 0.375. The van der Waals surface area contributed by atoms with E-state index in [2.05, 4.69) is 10.1 Å². The minimum atomic E-state index is -1.35. The molecular weight excluding hydrogens is 344 g/mol. The maximum absolute atomic E-state index is 12.1. The highest BCUT2D eigenvalue weighted by atomic mass is 16.6. The summed E-state index contributed by atoms with van der Waals surface area (Å²) in [5, 5.41) is 24.1. The summed E-state index contributed by atoms with van der Waals surface area (Å²) >= 11 is 0. The van der Waals surface area contributed by atoms with Crippen molar-refractivity contribution in [2.24, 2.45) is 5.73 Å². The van der Waals surface area contributed by atoms with E-state index in [1.807, 2.05) is 0 Å². The Morgan fingerprint density at radius 1 is 1.31 bits per heavy atom. The van der Waals surface area contributed by atoms with Crippen LogP contribution in [0.2, 0.25) is 0 Å². The van der Waals surface area contributed by atoms with Gasteiger partial charge in [0, 0.05) is 0 Å². The van der Waals surface area contributed by atoms with Crippen LogP contribution in [-0.4, -0.2) is 61.8 Å². The Hall–Kier alpha value is -2.82. The number of hydrogen-bond acceptors (Lipinski definition) is 8. The average molecular weight is 362 g/mol. The Kier molecular flexibility index (Phi) is 4.98. The van der Waals surface area contributed by atoms with E-state index in [1.54, 1.807) is 31.2 Å². The topological polar surface area (TPSA) is 150 Å². The third kappa shape index (κ3) is 3.43. The Morgan fingerprint density at radius 3 is 2.69 bits per heavy atom. The lowest BCUT2D eigenvalue weighted by atomic mass is 10.1. The molecule has 1 aromatic heterocycles. The van der Waals surface area contributed by atoms with Crippen molar-refractivity contribution in [2.75, 3.05) is 6.61 Å². The van der Waals surface area contributed by atoms with Crippen LogP contribution in [-0.2, 0) is 9.47 Å². The molecule has 0 aliphatic carbocycles. The van der Waals surface area contributed by atoms with E-state index >= 15 is 0 Å². The molecule has 1 aliphatic heterocycles. The van der Waals surface area contributed by atoms with Crippen molar-refractivity contribution in [3.05, 3.63) is 47.5 Å². The number of aromatic nitrogens is 3. The molecule has 2 aromatic rings. The number of esters is 1. The van der Waals surface area contributed by atoms with Crippen LogP contribution in [0.3, 0.4) is 0 Å². The molecule has 3 rings (SSSR count). The highest BCUT2D eigenvalue weighted by Gasteiger charge is 2.45. The molecule has 1 fully saturated rings. The molecule has 0 bridgehead atoms. The second-order valence-electron chi connectivity index (χ2n) is 5.87. The maximum Gasteiger partial charge on any atom is 0.338 e. The first-order valence-electron chi connectivity index (χ1n) is 7.83. The molecule has 10 nitrogen and oxygen atoms in total. The quantitative estimate of drug-likeness (QED) is 0.583. The van der Waals surface area contributed by atoms with E-state index in [1.165, 1.54) is 0 Å². The standard InChI is InChI=1S/C16H18N4O6/c1-8-4-2-3-5-9(8)16(24)25-6-10-11(21)12(22)15(26-10)20-7-18-14(19-20)13(17)23/h2-5,7,10-12,15,21-22H,6H2,1H3,(H2,17,23)/t10-,11?,12-,15-/m1/s1. The van der Waals surface area contributed by atoms with Crippen LogP contribution in [0.4, 0.5) is 0 Å². The van der Waals surface area contributed by atoms with Crippen molar-refractivity contribution in [1.82, 2.24) is 14.8 Å². The molecule has 1 aromatic carbocycles. The Balaban J connectivity index is 1.65. The Morgan fingerprint density at radius 2 is 2.04 bits per heavy atom. The molecule has 138 valence electrons. The van der Waals surface area contributed by atoms with E-state index < -0.39 is 36.4 Å². The Labute approximate surface area is 148 Å². The van der Waals surface area contributed by atoms with E-state index in [4.69, 9.17) is 15.2 Å². The van der Waals surface area contributed by atoms with Crippen LogP contribution in [0.5, 0.6) is 0 Å². The normalized spacial score (nSPS) is 25.2. The summed E-state index contributed by atoms with van der Waals surface area (Å²) in [5.41, 5.74) is 6.23. The van der Waals surface area contributed by atoms with Crippen molar-refractivity contribution in [2.45, 2.75) is 31.5 Å². The first-order chi connectivity index (χ1) is 12.4. The molecule has 1 amide bonds. The lowest BCUT2D eigenvalue weighted by molar-refractivity contribution is -0.0632. The summed E-state index contributed by atoms with van der Waals surface area (Å²) in [6, 6.07) is 6.92. The predicted octanol–water partition coefficient (Wildman–Crippen LogP) is -0.838. The van der Waals surface area contributed by atoms with E-state index in [9.17, 15) is 19.8 Å². The number of primary amides is 1. The SMILES string of the molecule is Cc1ccccc1C(=O)OC[C@H]1O[C@@H](n2cnc(C(N)=O)n2)[C@H](O)C1O. The van der Waals surface area contributed by atoms with Gasteiger partial charge in [-0.1, -0.05) is 18.2 Å². The van der Waals surface area contributed by atoms with Gasteiger partial charge < -0.3 is 25.4 Å². The number of aryl methyl sites for hydroxylation is 1. The van der Waals surface area contributed by atoms with Gasteiger partial charge in [0.25, 0.3) is 5.91 Å². The molecule has 1 saturated heterocycles. The van der Waals surface area contributed by atoms with Gasteiger partial charge in [0.1, 0.15) is 31.2 Å². The zero-order valence-electron chi connectivity index (χ0n) is 13.8. The number of aliphatic hydroxyl groups is 2. The fourth-order valence-electron chi connectivity index (χ4n) is 2.63. The van der Waals surface area contributed by atoms with Gasteiger partial charge in [0.05, 0.1) is 5.56 Å². The molecule has 10 heteroatoms. The minimum Gasteiger partial charge on any atom is -0.459 e. The van der Waals surface area contributed by atoms with Gasteiger partial charge in [-0.05, 0) is 18.6 Å². The van der Waals surface area contributed by atoms with Crippen molar-refractivity contribution >= 4 is 11.9 Å². The zero-order valence-corrected chi connectivity index (χ0v) is 13.8. The monoisotopic (exact) mass is 362 g/mol. The molecule has 4 N–H and O–H groups in total. The van der Waals surface area contributed by atoms with Gasteiger partial charge in [0.15, 0.2) is 6.23 Å². The highest BCUT2D eigenvalue weighted by molar-refractivity contribution is 5.91. The van der Waals surface area contributed by atoms with Crippen LogP contribution in [0.25, 0.3) is 0 Å². The summed E-state index contributed by atoms with van der Waals surface area (Å²) in [7, 11) is 0. The number of ether oxygens (including phenoxy) is 2. The van der Waals surface area contributed by atoms with Gasteiger partial charge in [-0.25, -0.2) is 14.5 Å². The van der Waals surface area contributed by atoms with Gasteiger partial charge in [0.2, 0.25) is 5.82 Å². The minimum absolute atomic E-state index is 0.246. The number of benzene rings is 1. The fourth-order valence-corrected chi connectivity index (χ4v) is 2.63. The predicted molar refractivity (Wildman–Crippen MR) is 85.9 cm³/mol. The van der Waals surface area contributed by atoms with Gasteiger partial charge in [-0.2, -0.15) is 0 Å². The summed E-state index contributed by atoms with van der Waals surface area (Å²) in [6.07, 6.45) is -3.56. The molecule has 0 radical (unpaired) electrons. The van der Waals surface area contributed by atoms with Gasteiger partial charge in [-0.15, -0.1) is 5.10 Å². The first-order valence-corrected chi connectivity index (χ1v) is 7.83. The van der Waals surface area contributed by atoms with Crippen LogP contribution in [0.1, 0.15) is 32.8 Å². The number of amides is 1. The number of nitrogens with two attached hydrogens (primary N) is 1. The maximum atomic E-state index is 12.1. The first kappa shape index (κ1) is 18.0. The van der Waals surface area contributed by atoms with Crippen molar-refractivity contribution in [3.8, 4) is 0 Å². The van der Waals surface area contributed by atoms with Crippen molar-refractivity contribution in [3.63, 3.8) is 0 Å². The van der Waals surface area contributed by atoms with Crippen LogP contribution >= 0.6 is 0 Å². The highest BCUT2D eigenvalue weighted by Crippen LogP contribution is 2.29. The number of aliphatic hydroxyl groups excluding tert-OH is 2. The van der Waals surface area contributed by atoms with E-state index in [0.717, 1.165) is 16.6 Å². The number of rotatable bonds is 5. The smallest absolute Gasteiger partial charge is 0.338 e. The summed E-state index contributed by atoms with van der Waals surface area (Å²) < 4.78 is 11.8. The number of nitrogens with zero attached hydrogens (tertiary/aromatic N) is 3. The molecule has 0 saturated carbocycles. The zero-order chi connectivity index (χ0) is 18.8. The van der Waals surface area contributed by atoms with Gasteiger partial charge >= 0.3 is 5.97 Å². The van der Waals surface area contributed by atoms with E-state index in [-0.39, 0.29) is 12.4 Å². The lowest BCUT2D eigenvalue weighted by Crippen LogP contribution is -2.34. The molecule has 1 unspecified atom stereocenters. The lowest BCUT2D eigenvalue weighted by Gasteiger charge is -2.15. The van der Waals surface area contributed by atoms with E-state index in [0.29, 0.717) is 5.56 Å². The average Bonchev–Trinajstić information content (AvgIpc) is 3.20. The third-order valence-electron chi connectivity index (χ3n) is 4.07. The summed E-state index contributed by atoms with van der Waals surface area (Å²) in [6.45, 7) is 1.51. The number of carbonyl (C=O) groups excluding carboxylic acids is 2. The van der Waals surface area contributed by atoms with Crippen LogP contribution < -0.4 is 5.73 Å². The third-order valence-corrected chi connectivity index (χ3v) is 4.07. The largest absolute Gasteiger partial charge is 0.459 e. The molecule has 0 spiro atoms. The molecular formula is C16H18N4O6. The molecule has 26 heavy (non-hydrogen) atoms. The molecule has 2 heterocycles. The summed E-state index contributed by atoms with van der Waals surface area (Å²) in [4.78, 5) is 26.9. The Bertz CT molecular complexity index is 823. The second-order valence-corrected chi connectivity index (χ2v) is 5.87. The number of hydrogen-bond donors (Lipinski definition) is 3. The van der Waals surface area contributed by atoms with Crippen molar-refractivity contribution < 1.29 is 29.3 Å². The van der Waals surface area contributed by atoms with Crippen LogP contribution in [0, 0.1) is 6.92 Å². The number of carbonyl (C=O) groups is 2. The van der Waals surface area contributed by atoms with Crippen LogP contribution in [0.15, 0.2) is 30.6 Å². The second kappa shape index (κ2) is 7.20. The molecule has 1 aliphatic rings. The van der Waals surface area contributed by atoms with Crippen molar-refractivity contribution in [1.29, 1.82) is 0 Å². The summed E-state index contributed by atoms with van der Waals surface area (Å²) in [5.74, 6) is -1.64. The van der Waals surface area contributed by atoms with Gasteiger partial charge in [-0.3, -0.25) is 4.79 Å².